The minimum atomic E-state index is -1.06. The van der Waals surface area contributed by atoms with Crippen molar-refractivity contribution >= 4 is 33.7 Å². The van der Waals surface area contributed by atoms with E-state index in [2.05, 4.69) is 26.6 Å². The third-order valence-electron chi connectivity index (χ3n) is 6.64. The van der Waals surface area contributed by atoms with Crippen LogP contribution in [0, 0.1) is 11.8 Å². The number of amides is 3. The molecule has 0 radical (unpaired) electrons. The molecule has 3 N–H and O–H groups in total. The Bertz CT molecular complexity index is 882. The minimum absolute atomic E-state index is 0.0918. The number of ether oxygens (including phenoxy) is 1. The van der Waals surface area contributed by atoms with Crippen molar-refractivity contribution in [2.75, 3.05) is 13.2 Å². The zero-order chi connectivity index (χ0) is 23.0. The van der Waals surface area contributed by atoms with Gasteiger partial charge in [0.25, 0.3) is 0 Å². The van der Waals surface area contributed by atoms with Crippen LogP contribution >= 0.6 is 15.9 Å². The van der Waals surface area contributed by atoms with Gasteiger partial charge < -0.3 is 25.4 Å². The van der Waals surface area contributed by atoms with Gasteiger partial charge in [0.1, 0.15) is 11.6 Å². The van der Waals surface area contributed by atoms with Crippen molar-refractivity contribution in [2.45, 2.75) is 61.8 Å². The first-order chi connectivity index (χ1) is 15.3. The maximum atomic E-state index is 13.6. The van der Waals surface area contributed by atoms with E-state index in [1.165, 1.54) is 4.90 Å². The van der Waals surface area contributed by atoms with Crippen molar-refractivity contribution in [3.05, 3.63) is 35.9 Å². The summed E-state index contributed by atoms with van der Waals surface area (Å²) in [6.45, 7) is 4.23. The fraction of sp³-hybridized carbons (Fsp3) is 0.609. The van der Waals surface area contributed by atoms with Crippen LogP contribution in [0.15, 0.2) is 30.3 Å². The lowest BCUT2D eigenvalue weighted by Gasteiger charge is -2.34. The van der Waals surface area contributed by atoms with Gasteiger partial charge in [0.15, 0.2) is 0 Å². The monoisotopic (exact) mass is 507 g/mol. The van der Waals surface area contributed by atoms with E-state index in [0.717, 1.165) is 5.56 Å². The van der Waals surface area contributed by atoms with Crippen LogP contribution in [0.4, 0.5) is 0 Å². The van der Waals surface area contributed by atoms with Gasteiger partial charge in [-0.25, -0.2) is 0 Å². The average molecular weight is 508 g/mol. The van der Waals surface area contributed by atoms with Crippen LogP contribution in [0.1, 0.15) is 32.3 Å². The fourth-order valence-corrected chi connectivity index (χ4v) is 6.42. The second-order valence-corrected chi connectivity index (χ2v) is 10.3. The third-order valence-corrected chi connectivity index (χ3v) is 7.48. The number of hydrogen-bond acceptors (Lipinski definition) is 5. The van der Waals surface area contributed by atoms with Crippen molar-refractivity contribution < 1.29 is 24.2 Å². The highest BCUT2D eigenvalue weighted by molar-refractivity contribution is 9.09. The summed E-state index contributed by atoms with van der Waals surface area (Å²) in [5.74, 6) is -2.17. The number of nitrogens with zero attached hydrogens (tertiary/aromatic N) is 1. The molecular weight excluding hydrogens is 478 g/mol. The molecule has 3 heterocycles. The maximum Gasteiger partial charge on any atom is 0.246 e. The molecule has 3 aliphatic rings. The molecule has 3 unspecified atom stereocenters. The molecule has 3 aliphatic heterocycles. The number of halogens is 1. The van der Waals surface area contributed by atoms with Gasteiger partial charge in [-0.3, -0.25) is 14.4 Å². The normalized spacial score (nSPS) is 33.0. The molecule has 1 spiro atoms. The Labute approximate surface area is 196 Å². The summed E-state index contributed by atoms with van der Waals surface area (Å²) in [6.07, 6.45) is 0.350. The molecule has 4 rings (SSSR count). The molecule has 0 saturated carbocycles. The summed E-state index contributed by atoms with van der Waals surface area (Å²) >= 11 is 3.64. The van der Waals surface area contributed by atoms with Crippen LogP contribution in [0.3, 0.4) is 0 Å². The van der Waals surface area contributed by atoms with Crippen LogP contribution < -0.4 is 10.6 Å². The Balaban J connectivity index is 1.62. The lowest BCUT2D eigenvalue weighted by Crippen LogP contribution is -2.57. The number of aliphatic hydroxyl groups excluding tert-OH is 1. The number of fused-ring (bicyclic) bond motifs is 1. The first kappa shape index (κ1) is 23.2. The Morgan fingerprint density at radius 2 is 2.00 bits per heavy atom. The molecule has 1 aromatic rings. The Morgan fingerprint density at radius 3 is 2.66 bits per heavy atom. The summed E-state index contributed by atoms with van der Waals surface area (Å²) in [7, 11) is 0. The number of benzene rings is 1. The van der Waals surface area contributed by atoms with E-state index in [9.17, 15) is 19.5 Å². The van der Waals surface area contributed by atoms with Crippen LogP contribution in [-0.4, -0.2) is 69.5 Å². The summed E-state index contributed by atoms with van der Waals surface area (Å²) < 4.78 is 6.38. The second kappa shape index (κ2) is 9.11. The first-order valence-electron chi connectivity index (χ1n) is 11.2. The van der Waals surface area contributed by atoms with Gasteiger partial charge in [-0.15, -0.1) is 0 Å². The molecule has 2 bridgehead atoms. The van der Waals surface area contributed by atoms with Crippen molar-refractivity contribution in [2.24, 2.45) is 11.8 Å². The lowest BCUT2D eigenvalue weighted by molar-refractivity contribution is -0.142. The number of carbonyl (C=O) groups excluding carboxylic acids is 3. The standard InChI is InChI=1S/C23H30BrN3O5/c1-13(2)26-21(30)19-23-11-15(24)18(32-23)16(17(23)22(31)27(19)9-6-10-28)20(29)25-12-14-7-4-3-5-8-14/h3-5,7-8,13,15-19,28H,6,9-12H2,1-2H3,(H,25,29)(H,26,30)/t15?,16-,17-,18-,19?,23?/m0/s1. The molecule has 0 aliphatic carbocycles. The SMILES string of the molecule is CC(C)NC(=O)C1N(CCCO)C(=O)[C@@H]2[C@H](C(=O)NCc3ccccc3)[C@H]3OC12CC3Br. The lowest BCUT2D eigenvalue weighted by atomic mass is 9.70. The highest BCUT2D eigenvalue weighted by Crippen LogP contribution is 2.59. The maximum absolute atomic E-state index is 13.6. The molecule has 8 nitrogen and oxygen atoms in total. The zero-order valence-corrected chi connectivity index (χ0v) is 19.9. The van der Waals surface area contributed by atoms with Gasteiger partial charge in [-0.2, -0.15) is 0 Å². The first-order valence-corrected chi connectivity index (χ1v) is 12.1. The predicted octanol–water partition coefficient (Wildman–Crippen LogP) is 0.958. The fourth-order valence-electron chi connectivity index (χ4n) is 5.48. The van der Waals surface area contributed by atoms with Crippen LogP contribution in [0.5, 0.6) is 0 Å². The Hall–Kier alpha value is -1.97. The van der Waals surface area contributed by atoms with Gasteiger partial charge in [0.2, 0.25) is 17.7 Å². The summed E-state index contributed by atoms with van der Waals surface area (Å²) in [4.78, 5) is 41.5. The number of hydrogen-bond donors (Lipinski definition) is 3. The van der Waals surface area contributed by atoms with E-state index < -0.39 is 29.6 Å². The number of carbonyl (C=O) groups is 3. The number of rotatable bonds is 8. The number of alkyl halides is 1. The van der Waals surface area contributed by atoms with Crippen LogP contribution in [0.25, 0.3) is 0 Å². The molecule has 9 heteroatoms. The van der Waals surface area contributed by atoms with E-state index in [1.807, 2.05) is 44.2 Å². The number of likely N-dealkylation sites (tertiary alicyclic amines) is 1. The second-order valence-electron chi connectivity index (χ2n) is 9.14. The molecular formula is C23H30BrN3O5. The van der Waals surface area contributed by atoms with Crippen molar-refractivity contribution in [1.82, 2.24) is 15.5 Å². The van der Waals surface area contributed by atoms with Crippen molar-refractivity contribution in [1.29, 1.82) is 0 Å². The topological polar surface area (TPSA) is 108 Å². The van der Waals surface area contributed by atoms with Crippen molar-refractivity contribution in [3.8, 4) is 0 Å². The molecule has 1 aromatic carbocycles. The molecule has 3 fully saturated rings. The highest BCUT2D eigenvalue weighted by Gasteiger charge is 2.76. The smallest absolute Gasteiger partial charge is 0.246 e. The third kappa shape index (κ3) is 3.84. The molecule has 0 aromatic heterocycles. The Kier molecular flexibility index (Phi) is 6.61. The summed E-state index contributed by atoms with van der Waals surface area (Å²) in [5, 5.41) is 15.2. The summed E-state index contributed by atoms with van der Waals surface area (Å²) in [6, 6.07) is 8.65. The molecule has 6 atom stereocenters. The van der Waals surface area contributed by atoms with Gasteiger partial charge in [-0.1, -0.05) is 46.3 Å². The van der Waals surface area contributed by atoms with E-state index in [1.54, 1.807) is 0 Å². The van der Waals surface area contributed by atoms with Crippen LogP contribution in [-0.2, 0) is 25.7 Å². The number of aliphatic hydroxyl groups is 1. The van der Waals surface area contributed by atoms with Gasteiger partial charge in [0, 0.05) is 30.6 Å². The van der Waals surface area contributed by atoms with Gasteiger partial charge in [-0.05, 0) is 32.3 Å². The Morgan fingerprint density at radius 1 is 1.28 bits per heavy atom. The van der Waals surface area contributed by atoms with E-state index in [-0.39, 0.29) is 41.7 Å². The molecule has 174 valence electrons. The average Bonchev–Trinajstić information content (AvgIpc) is 3.34. The largest absolute Gasteiger partial charge is 0.396 e. The van der Waals surface area contributed by atoms with Gasteiger partial charge in [0.05, 0.1) is 17.9 Å². The van der Waals surface area contributed by atoms with Gasteiger partial charge >= 0.3 is 0 Å². The molecule has 3 amide bonds. The predicted molar refractivity (Wildman–Crippen MR) is 121 cm³/mol. The quantitative estimate of drug-likeness (QED) is 0.454. The number of nitrogens with one attached hydrogen (secondary N) is 2. The van der Waals surface area contributed by atoms with Crippen LogP contribution in [0.2, 0.25) is 0 Å². The summed E-state index contributed by atoms with van der Waals surface area (Å²) in [5.41, 5.74) is -0.0921. The minimum Gasteiger partial charge on any atom is -0.396 e. The zero-order valence-electron chi connectivity index (χ0n) is 18.3. The van der Waals surface area contributed by atoms with E-state index in [0.29, 0.717) is 19.4 Å². The van der Waals surface area contributed by atoms with Crippen molar-refractivity contribution in [3.63, 3.8) is 0 Å². The molecule has 3 saturated heterocycles. The van der Waals surface area contributed by atoms with E-state index >= 15 is 0 Å². The highest BCUT2D eigenvalue weighted by atomic mass is 79.9. The van der Waals surface area contributed by atoms with E-state index in [4.69, 9.17) is 4.74 Å². The molecule has 32 heavy (non-hydrogen) atoms.